The Kier molecular flexibility index (Phi) is 6.78. The number of carbonyl (C=O) groups excluding carboxylic acids is 2. The van der Waals surface area contributed by atoms with E-state index in [-0.39, 0.29) is 24.2 Å². The number of carbonyl (C=O) groups is 2. The van der Waals surface area contributed by atoms with Crippen molar-refractivity contribution in [3.8, 4) is 5.75 Å². The maximum atomic E-state index is 12.6. The van der Waals surface area contributed by atoms with Crippen LogP contribution in [0.3, 0.4) is 0 Å². The van der Waals surface area contributed by atoms with Crippen molar-refractivity contribution in [2.45, 2.75) is 45.6 Å². The lowest BCUT2D eigenvalue weighted by Crippen LogP contribution is -2.38. The quantitative estimate of drug-likeness (QED) is 0.472. The number of hydrogen-bond donors (Lipinski definition) is 3. The zero-order valence-electron chi connectivity index (χ0n) is 17.8. The highest BCUT2D eigenvalue weighted by Crippen LogP contribution is 2.45. The van der Waals surface area contributed by atoms with Gasteiger partial charge in [-0.2, -0.15) is 0 Å². The van der Waals surface area contributed by atoms with Gasteiger partial charge in [0.1, 0.15) is 5.75 Å². The molecular formula is C24H31NO5. The van der Waals surface area contributed by atoms with Crippen LogP contribution in [0, 0.1) is 17.8 Å². The molecule has 0 bridgehead atoms. The molecule has 6 heteroatoms. The highest BCUT2D eigenvalue weighted by atomic mass is 16.3. The first-order valence-electron chi connectivity index (χ1n) is 10.6. The third-order valence-corrected chi connectivity index (χ3v) is 6.54. The van der Waals surface area contributed by atoms with Crippen LogP contribution in [0.15, 0.2) is 41.0 Å². The van der Waals surface area contributed by atoms with Crippen molar-refractivity contribution >= 4 is 17.9 Å². The van der Waals surface area contributed by atoms with Gasteiger partial charge in [-0.15, -0.1) is 0 Å². The highest BCUT2D eigenvalue weighted by molar-refractivity contribution is 6.05. The van der Waals surface area contributed by atoms with Crippen molar-refractivity contribution in [1.29, 1.82) is 0 Å². The zero-order chi connectivity index (χ0) is 22.0. The van der Waals surface area contributed by atoms with Crippen molar-refractivity contribution in [2.75, 3.05) is 13.7 Å². The van der Waals surface area contributed by atoms with Gasteiger partial charge in [0.25, 0.3) is 0 Å². The second kappa shape index (κ2) is 9.14. The molecule has 30 heavy (non-hydrogen) atoms. The number of aliphatic hydroxyl groups is 2. The maximum absolute atomic E-state index is 12.6. The van der Waals surface area contributed by atoms with E-state index in [9.17, 15) is 24.9 Å². The number of benzene rings is 1. The number of rotatable bonds is 7. The molecule has 2 aliphatic rings. The van der Waals surface area contributed by atoms with E-state index < -0.39 is 23.9 Å². The summed E-state index contributed by atoms with van der Waals surface area (Å²) in [5.74, 6) is -1.80. The Morgan fingerprint density at radius 3 is 2.67 bits per heavy atom. The van der Waals surface area contributed by atoms with Gasteiger partial charge in [-0.1, -0.05) is 36.3 Å². The molecule has 0 unspecified atom stereocenters. The molecular weight excluding hydrogens is 382 g/mol. The van der Waals surface area contributed by atoms with Gasteiger partial charge in [0.2, 0.25) is 11.8 Å². The van der Waals surface area contributed by atoms with E-state index in [0.29, 0.717) is 24.8 Å². The third kappa shape index (κ3) is 4.20. The normalized spacial score (nSPS) is 25.7. The average Bonchev–Trinajstić information content (AvgIpc) is 2.93. The average molecular weight is 414 g/mol. The van der Waals surface area contributed by atoms with E-state index in [1.807, 2.05) is 26.0 Å². The Balaban J connectivity index is 1.77. The Morgan fingerprint density at radius 2 is 2.03 bits per heavy atom. The molecule has 0 saturated carbocycles. The summed E-state index contributed by atoms with van der Waals surface area (Å²) in [5.41, 5.74) is 3.65. The van der Waals surface area contributed by atoms with Gasteiger partial charge in [0.15, 0.2) is 0 Å². The van der Waals surface area contributed by atoms with Gasteiger partial charge in [0, 0.05) is 13.0 Å². The number of nitrogens with zero attached hydrogens (tertiary/aromatic N) is 1. The summed E-state index contributed by atoms with van der Waals surface area (Å²) in [6, 6.07) is 7.03. The lowest BCUT2D eigenvalue weighted by molar-refractivity contribution is -0.138. The fourth-order valence-corrected chi connectivity index (χ4v) is 4.95. The van der Waals surface area contributed by atoms with E-state index in [4.69, 9.17) is 0 Å². The van der Waals surface area contributed by atoms with Crippen molar-refractivity contribution in [2.24, 2.45) is 17.8 Å². The highest BCUT2D eigenvalue weighted by Gasteiger charge is 2.53. The van der Waals surface area contributed by atoms with Crippen molar-refractivity contribution in [3.63, 3.8) is 0 Å². The summed E-state index contributed by atoms with van der Waals surface area (Å²) in [5, 5.41) is 30.7. The standard InChI is InChI=1S/C24H31NO5/c1-4-15(11-16-6-5-7-17(27)12-16)8-9-20(28)21-14(2)10-18-22(19(21)13-26)24(30)25(3)23(18)29/h5-7,11-12,18-20,22,26-28H,4,8-10,13H2,1-3H3/b15-11+/t18-,19+,20-,22-/m1/s1. The zero-order valence-corrected chi connectivity index (χ0v) is 17.8. The summed E-state index contributed by atoms with van der Waals surface area (Å²) in [7, 11) is 1.49. The molecule has 4 atom stereocenters. The van der Waals surface area contributed by atoms with Crippen LogP contribution < -0.4 is 0 Å². The van der Waals surface area contributed by atoms with E-state index >= 15 is 0 Å². The Labute approximate surface area is 177 Å². The summed E-state index contributed by atoms with van der Waals surface area (Å²) in [6.45, 7) is 3.67. The predicted octanol–water partition coefficient (Wildman–Crippen LogP) is 2.89. The molecule has 6 nitrogen and oxygen atoms in total. The maximum Gasteiger partial charge on any atom is 0.233 e. The van der Waals surface area contributed by atoms with Crippen LogP contribution in [-0.4, -0.2) is 51.8 Å². The van der Waals surface area contributed by atoms with Gasteiger partial charge in [-0.25, -0.2) is 0 Å². The van der Waals surface area contributed by atoms with Gasteiger partial charge >= 0.3 is 0 Å². The number of fused-ring (bicyclic) bond motifs is 1. The second-order valence-corrected chi connectivity index (χ2v) is 8.40. The molecule has 1 aliphatic heterocycles. The molecule has 1 saturated heterocycles. The molecule has 0 spiro atoms. The van der Waals surface area contributed by atoms with Crippen molar-refractivity contribution in [3.05, 3.63) is 46.5 Å². The van der Waals surface area contributed by atoms with Crippen molar-refractivity contribution in [1.82, 2.24) is 4.90 Å². The Hall–Kier alpha value is -2.44. The molecule has 162 valence electrons. The fourth-order valence-electron chi connectivity index (χ4n) is 4.95. The van der Waals surface area contributed by atoms with Crippen LogP contribution in [0.5, 0.6) is 5.75 Å². The number of aromatic hydroxyl groups is 1. The van der Waals surface area contributed by atoms with Crippen LogP contribution in [0.4, 0.5) is 0 Å². The third-order valence-electron chi connectivity index (χ3n) is 6.54. The van der Waals surface area contributed by atoms with Crippen LogP contribution in [0.25, 0.3) is 6.08 Å². The molecule has 3 N–H and O–H groups in total. The molecule has 2 amide bonds. The van der Waals surface area contributed by atoms with Gasteiger partial charge < -0.3 is 15.3 Å². The molecule has 0 aromatic heterocycles. The van der Waals surface area contributed by atoms with Crippen LogP contribution in [0.2, 0.25) is 0 Å². The fraction of sp³-hybridized carbons (Fsp3) is 0.500. The van der Waals surface area contributed by atoms with Crippen LogP contribution >= 0.6 is 0 Å². The first kappa shape index (κ1) is 22.2. The molecule has 1 fully saturated rings. The molecule has 3 rings (SSSR count). The summed E-state index contributed by atoms with van der Waals surface area (Å²) >= 11 is 0. The second-order valence-electron chi connectivity index (χ2n) is 8.40. The molecule has 1 heterocycles. The molecule has 0 radical (unpaired) electrons. The predicted molar refractivity (Wildman–Crippen MR) is 114 cm³/mol. The summed E-state index contributed by atoms with van der Waals surface area (Å²) in [4.78, 5) is 26.2. The largest absolute Gasteiger partial charge is 0.508 e. The lowest BCUT2D eigenvalue weighted by atomic mass is 9.68. The molecule has 1 aromatic rings. The van der Waals surface area contributed by atoms with E-state index in [1.54, 1.807) is 18.2 Å². The monoisotopic (exact) mass is 413 g/mol. The number of amides is 2. The Morgan fingerprint density at radius 1 is 1.30 bits per heavy atom. The Bertz CT molecular complexity index is 887. The van der Waals surface area contributed by atoms with E-state index in [1.165, 1.54) is 7.05 Å². The summed E-state index contributed by atoms with van der Waals surface area (Å²) in [6.07, 6.45) is 3.62. The minimum absolute atomic E-state index is 0.196. The first-order valence-corrected chi connectivity index (χ1v) is 10.6. The number of likely N-dealkylation sites (tertiary alicyclic amines) is 1. The number of imide groups is 1. The van der Waals surface area contributed by atoms with Crippen LogP contribution in [0.1, 0.15) is 45.1 Å². The van der Waals surface area contributed by atoms with Gasteiger partial charge in [-0.05, 0) is 55.9 Å². The lowest BCUT2D eigenvalue weighted by Gasteiger charge is -2.35. The first-order chi connectivity index (χ1) is 14.3. The van der Waals surface area contributed by atoms with Crippen LogP contribution in [-0.2, 0) is 9.59 Å². The van der Waals surface area contributed by atoms with E-state index in [2.05, 4.69) is 0 Å². The number of allylic oxidation sites excluding steroid dienone is 2. The molecule has 1 aliphatic carbocycles. The topological polar surface area (TPSA) is 98.1 Å². The molecule has 1 aromatic carbocycles. The summed E-state index contributed by atoms with van der Waals surface area (Å²) < 4.78 is 0. The van der Waals surface area contributed by atoms with E-state index in [0.717, 1.165) is 28.0 Å². The number of aliphatic hydroxyl groups excluding tert-OH is 2. The number of phenols is 1. The SMILES string of the molecule is CC/C(=C\c1cccc(O)c1)CC[C@@H](O)C1=C(C)C[C@H]2C(=O)N(C)C(=O)[C@H]2[C@H]1CO. The number of phenolic OH excluding ortho intramolecular Hbond substituents is 1. The minimum atomic E-state index is -0.781. The minimum Gasteiger partial charge on any atom is -0.508 e. The van der Waals surface area contributed by atoms with Crippen molar-refractivity contribution < 1.29 is 24.9 Å². The smallest absolute Gasteiger partial charge is 0.233 e. The van der Waals surface area contributed by atoms with Gasteiger partial charge in [0.05, 0.1) is 24.5 Å². The number of hydrogen-bond acceptors (Lipinski definition) is 5. The van der Waals surface area contributed by atoms with Gasteiger partial charge in [-0.3, -0.25) is 14.5 Å².